The largest absolute Gasteiger partial charge is 0.496 e. The Labute approximate surface area is 122 Å². The zero-order chi connectivity index (χ0) is 15.2. The molecule has 0 unspecified atom stereocenters. The highest BCUT2D eigenvalue weighted by Crippen LogP contribution is 2.19. The highest BCUT2D eigenvalue weighted by molar-refractivity contribution is 5.89. The van der Waals surface area contributed by atoms with Gasteiger partial charge in [0.25, 0.3) is 0 Å². The maximum atomic E-state index is 10.8. The third-order valence-corrected chi connectivity index (χ3v) is 3.04. The highest BCUT2D eigenvalue weighted by atomic mass is 16.5. The Kier molecular flexibility index (Phi) is 4.61. The lowest BCUT2D eigenvalue weighted by molar-refractivity contribution is 0.0696. The van der Waals surface area contributed by atoms with Gasteiger partial charge in [-0.3, -0.25) is 0 Å². The number of carboxylic acid groups (broad SMARTS) is 1. The summed E-state index contributed by atoms with van der Waals surface area (Å²) in [5.41, 5.74) is 7.25. The van der Waals surface area contributed by atoms with Crippen LogP contribution < -0.4 is 15.8 Å². The van der Waals surface area contributed by atoms with E-state index in [4.69, 9.17) is 15.6 Å². The van der Waals surface area contributed by atoms with Crippen LogP contribution in [0.2, 0.25) is 0 Å². The van der Waals surface area contributed by atoms with Gasteiger partial charge in [0.15, 0.2) is 0 Å². The fourth-order valence-electron chi connectivity index (χ4n) is 1.97. The second-order valence-electron chi connectivity index (χ2n) is 4.46. The number of nitrogens with one attached hydrogen (secondary N) is 1. The Morgan fingerprint density at radius 1 is 1.43 bits per heavy atom. The van der Waals surface area contributed by atoms with Crippen molar-refractivity contribution >= 4 is 17.5 Å². The fraction of sp³-hybridized carbons (Fsp3) is 0.200. The Morgan fingerprint density at radius 2 is 2.19 bits per heavy atom. The molecule has 0 aliphatic rings. The van der Waals surface area contributed by atoms with E-state index < -0.39 is 5.97 Å². The first-order chi connectivity index (χ1) is 10.1. The van der Waals surface area contributed by atoms with E-state index in [1.165, 1.54) is 12.3 Å². The van der Waals surface area contributed by atoms with E-state index in [2.05, 4.69) is 10.3 Å². The summed E-state index contributed by atoms with van der Waals surface area (Å²) < 4.78 is 5.28. The van der Waals surface area contributed by atoms with Gasteiger partial charge in [0, 0.05) is 12.7 Å². The van der Waals surface area contributed by atoms with Crippen molar-refractivity contribution in [3.8, 4) is 5.75 Å². The molecule has 0 aliphatic carbocycles. The van der Waals surface area contributed by atoms with Crippen LogP contribution in [0.5, 0.6) is 5.75 Å². The van der Waals surface area contributed by atoms with Gasteiger partial charge in [-0.25, -0.2) is 9.78 Å². The van der Waals surface area contributed by atoms with Crippen molar-refractivity contribution in [3.05, 3.63) is 47.7 Å². The molecule has 0 radical (unpaired) electrons. The van der Waals surface area contributed by atoms with Gasteiger partial charge in [-0.2, -0.15) is 0 Å². The maximum Gasteiger partial charge on any atom is 0.337 e. The topological polar surface area (TPSA) is 97.5 Å². The summed E-state index contributed by atoms with van der Waals surface area (Å²) in [5.74, 6) is 0.270. The maximum absolute atomic E-state index is 10.8. The molecular formula is C15H17N3O3. The minimum Gasteiger partial charge on any atom is -0.496 e. The molecule has 2 rings (SSSR count). The lowest BCUT2D eigenvalue weighted by Gasteiger charge is -2.11. The molecule has 6 heteroatoms. The molecule has 21 heavy (non-hydrogen) atoms. The lowest BCUT2D eigenvalue weighted by Crippen LogP contribution is -2.10. The number of carbonyl (C=O) groups is 1. The number of ether oxygens (including phenoxy) is 1. The lowest BCUT2D eigenvalue weighted by atomic mass is 10.1. The summed E-state index contributed by atoms with van der Waals surface area (Å²) >= 11 is 0. The molecule has 4 N–H and O–H groups in total. The van der Waals surface area contributed by atoms with Crippen molar-refractivity contribution in [2.24, 2.45) is 0 Å². The van der Waals surface area contributed by atoms with Crippen molar-refractivity contribution in [2.75, 3.05) is 24.7 Å². The van der Waals surface area contributed by atoms with E-state index in [1.807, 2.05) is 24.3 Å². The number of rotatable bonds is 6. The summed E-state index contributed by atoms with van der Waals surface area (Å²) in [6, 6.07) is 9.15. The predicted octanol–water partition coefficient (Wildman–Crippen LogP) is 2.03. The summed E-state index contributed by atoms with van der Waals surface area (Å²) in [7, 11) is 1.64. The number of hydrogen-bond donors (Lipinski definition) is 3. The number of pyridine rings is 1. The van der Waals surface area contributed by atoms with E-state index in [0.29, 0.717) is 18.1 Å². The predicted molar refractivity (Wildman–Crippen MR) is 80.8 cm³/mol. The molecule has 0 saturated heterocycles. The number of para-hydroxylation sites is 1. The van der Waals surface area contributed by atoms with Crippen LogP contribution in [0.3, 0.4) is 0 Å². The van der Waals surface area contributed by atoms with Gasteiger partial charge in [-0.05, 0) is 24.1 Å². The van der Waals surface area contributed by atoms with Crippen LogP contribution in [-0.2, 0) is 6.42 Å². The van der Waals surface area contributed by atoms with Crippen molar-refractivity contribution in [2.45, 2.75) is 6.42 Å². The number of nitrogen functional groups attached to an aromatic ring is 1. The van der Waals surface area contributed by atoms with Crippen molar-refractivity contribution < 1.29 is 14.6 Å². The SMILES string of the molecule is COc1ccccc1CCNc1ncc(C(=O)O)cc1N. The first-order valence-electron chi connectivity index (χ1n) is 6.46. The summed E-state index contributed by atoms with van der Waals surface area (Å²) in [6.07, 6.45) is 2.02. The van der Waals surface area contributed by atoms with Gasteiger partial charge in [-0.1, -0.05) is 18.2 Å². The molecule has 0 spiro atoms. The fourth-order valence-corrected chi connectivity index (χ4v) is 1.97. The van der Waals surface area contributed by atoms with Gasteiger partial charge < -0.3 is 20.9 Å². The van der Waals surface area contributed by atoms with E-state index >= 15 is 0 Å². The average molecular weight is 287 g/mol. The molecule has 6 nitrogen and oxygen atoms in total. The molecule has 1 heterocycles. The van der Waals surface area contributed by atoms with Gasteiger partial charge in [0.2, 0.25) is 0 Å². The second kappa shape index (κ2) is 6.60. The molecule has 0 fully saturated rings. The van der Waals surface area contributed by atoms with Crippen LogP contribution in [0.25, 0.3) is 0 Å². The monoisotopic (exact) mass is 287 g/mol. The van der Waals surface area contributed by atoms with Gasteiger partial charge >= 0.3 is 5.97 Å². The molecule has 0 aliphatic heterocycles. The standard InChI is InChI=1S/C15H17N3O3/c1-21-13-5-3-2-4-10(13)6-7-17-14-12(16)8-11(9-18-14)15(19)20/h2-5,8-9H,6-7,16H2,1H3,(H,17,18)(H,19,20). The van der Waals surface area contributed by atoms with Gasteiger partial charge in [-0.15, -0.1) is 0 Å². The van der Waals surface area contributed by atoms with Gasteiger partial charge in [0.05, 0.1) is 18.4 Å². The van der Waals surface area contributed by atoms with Crippen LogP contribution in [0.1, 0.15) is 15.9 Å². The second-order valence-corrected chi connectivity index (χ2v) is 4.46. The van der Waals surface area contributed by atoms with E-state index in [9.17, 15) is 4.79 Å². The molecule has 110 valence electrons. The smallest absolute Gasteiger partial charge is 0.337 e. The Bertz CT molecular complexity index is 644. The van der Waals surface area contributed by atoms with Crippen molar-refractivity contribution in [1.82, 2.24) is 4.98 Å². The third kappa shape index (κ3) is 3.62. The van der Waals surface area contributed by atoms with Crippen molar-refractivity contribution in [1.29, 1.82) is 0 Å². The number of nitrogens with two attached hydrogens (primary N) is 1. The van der Waals surface area contributed by atoms with E-state index in [0.717, 1.165) is 17.7 Å². The molecule has 1 aromatic heterocycles. The minimum absolute atomic E-state index is 0.0720. The van der Waals surface area contributed by atoms with Crippen LogP contribution in [0.15, 0.2) is 36.5 Å². The average Bonchev–Trinajstić information content (AvgIpc) is 2.49. The Hall–Kier alpha value is -2.76. The van der Waals surface area contributed by atoms with E-state index in [1.54, 1.807) is 7.11 Å². The zero-order valence-electron chi connectivity index (χ0n) is 11.7. The molecule has 0 atom stereocenters. The molecule has 0 bridgehead atoms. The number of anilines is 2. The molecule has 0 saturated carbocycles. The number of benzene rings is 1. The third-order valence-electron chi connectivity index (χ3n) is 3.04. The van der Waals surface area contributed by atoms with E-state index in [-0.39, 0.29) is 5.56 Å². The normalized spacial score (nSPS) is 10.1. The number of aromatic nitrogens is 1. The van der Waals surface area contributed by atoms with Crippen LogP contribution in [0, 0.1) is 0 Å². The van der Waals surface area contributed by atoms with Crippen LogP contribution in [0.4, 0.5) is 11.5 Å². The first kappa shape index (κ1) is 14.6. The molecule has 0 amide bonds. The number of methoxy groups -OCH3 is 1. The Morgan fingerprint density at radius 3 is 2.86 bits per heavy atom. The zero-order valence-corrected chi connectivity index (χ0v) is 11.7. The molecule has 2 aromatic rings. The van der Waals surface area contributed by atoms with Crippen LogP contribution in [-0.4, -0.2) is 29.7 Å². The Balaban J connectivity index is 1.99. The van der Waals surface area contributed by atoms with Crippen LogP contribution >= 0.6 is 0 Å². The quantitative estimate of drug-likeness (QED) is 0.752. The number of nitrogens with zero attached hydrogens (tertiary/aromatic N) is 1. The number of aromatic carboxylic acids is 1. The number of carboxylic acids is 1. The first-order valence-corrected chi connectivity index (χ1v) is 6.46. The van der Waals surface area contributed by atoms with Gasteiger partial charge in [0.1, 0.15) is 11.6 Å². The summed E-state index contributed by atoms with van der Waals surface area (Å²) in [6.45, 7) is 0.615. The molecule has 1 aromatic carbocycles. The summed E-state index contributed by atoms with van der Waals surface area (Å²) in [5, 5.41) is 11.9. The highest BCUT2D eigenvalue weighted by Gasteiger charge is 2.08. The number of hydrogen-bond acceptors (Lipinski definition) is 5. The van der Waals surface area contributed by atoms with Crippen molar-refractivity contribution in [3.63, 3.8) is 0 Å². The summed E-state index contributed by atoms with van der Waals surface area (Å²) in [4.78, 5) is 14.8. The molecular weight excluding hydrogens is 270 g/mol. The minimum atomic E-state index is -1.05.